The lowest BCUT2D eigenvalue weighted by Crippen LogP contribution is -2.15. The van der Waals surface area contributed by atoms with E-state index in [0.717, 1.165) is 16.8 Å². The molecule has 0 saturated carbocycles. The number of thioether (sulfide) groups is 1. The van der Waals surface area contributed by atoms with E-state index in [4.69, 9.17) is 34.8 Å². The number of anilines is 1. The van der Waals surface area contributed by atoms with Gasteiger partial charge in [-0.05, 0) is 48.0 Å². The lowest BCUT2D eigenvalue weighted by molar-refractivity contribution is -0.113. The van der Waals surface area contributed by atoms with Crippen LogP contribution in [0, 0.1) is 13.8 Å². The average molecular weight is 443 g/mol. The summed E-state index contributed by atoms with van der Waals surface area (Å²) in [6, 6.07) is 8.99. The molecule has 2 aromatic carbocycles. The summed E-state index contributed by atoms with van der Waals surface area (Å²) in [5.74, 6) is -0.207. The van der Waals surface area contributed by atoms with E-state index >= 15 is 0 Å². The monoisotopic (exact) mass is 441 g/mol. The SMILES string of the molecule is Cc1ccc(-n2nnnc2SCC(=O)Nc2c(Cl)cc(Cl)cc2Cl)c(C)c1. The quantitative estimate of drug-likeness (QED) is 0.565. The van der Waals surface area contributed by atoms with E-state index in [1.807, 2.05) is 32.0 Å². The molecule has 0 spiro atoms. The zero-order chi connectivity index (χ0) is 19.6. The summed E-state index contributed by atoms with van der Waals surface area (Å²) in [6.45, 7) is 4.00. The number of nitrogens with one attached hydrogen (secondary N) is 1. The van der Waals surface area contributed by atoms with Crippen LogP contribution in [0.2, 0.25) is 15.1 Å². The van der Waals surface area contributed by atoms with Gasteiger partial charge < -0.3 is 5.32 Å². The average Bonchev–Trinajstić information content (AvgIpc) is 3.04. The van der Waals surface area contributed by atoms with Gasteiger partial charge in [-0.1, -0.05) is 64.3 Å². The minimum Gasteiger partial charge on any atom is -0.323 e. The number of hydrogen-bond acceptors (Lipinski definition) is 5. The maximum atomic E-state index is 12.3. The molecule has 0 radical (unpaired) electrons. The molecule has 0 bridgehead atoms. The van der Waals surface area contributed by atoms with Crippen LogP contribution in [-0.4, -0.2) is 31.9 Å². The van der Waals surface area contributed by atoms with Crippen LogP contribution in [0.3, 0.4) is 0 Å². The molecule has 140 valence electrons. The van der Waals surface area contributed by atoms with Crippen LogP contribution >= 0.6 is 46.6 Å². The molecule has 6 nitrogen and oxygen atoms in total. The van der Waals surface area contributed by atoms with E-state index in [2.05, 4.69) is 20.8 Å². The van der Waals surface area contributed by atoms with Crippen molar-refractivity contribution in [3.63, 3.8) is 0 Å². The smallest absolute Gasteiger partial charge is 0.234 e. The summed E-state index contributed by atoms with van der Waals surface area (Å²) in [6.07, 6.45) is 0. The number of carbonyl (C=O) groups excluding carboxylic acids is 1. The Labute approximate surface area is 175 Å². The molecule has 0 saturated heterocycles. The summed E-state index contributed by atoms with van der Waals surface area (Å²) in [7, 11) is 0. The Kier molecular flexibility index (Phi) is 6.26. The third kappa shape index (κ3) is 4.73. The number of benzene rings is 2. The van der Waals surface area contributed by atoms with Gasteiger partial charge >= 0.3 is 0 Å². The first-order valence-electron chi connectivity index (χ1n) is 7.78. The van der Waals surface area contributed by atoms with Crippen molar-refractivity contribution in [1.29, 1.82) is 0 Å². The van der Waals surface area contributed by atoms with Crippen molar-refractivity contribution in [3.05, 3.63) is 56.5 Å². The minimum atomic E-state index is -0.290. The standard InChI is InChI=1S/C17H14Cl3N5OS/c1-9-3-4-14(10(2)5-9)25-17(22-23-24-25)27-8-15(26)21-16-12(19)6-11(18)7-13(16)20/h3-7H,8H2,1-2H3,(H,21,26). The van der Waals surface area contributed by atoms with Crippen molar-refractivity contribution in [2.45, 2.75) is 19.0 Å². The number of halogens is 3. The third-order valence-electron chi connectivity index (χ3n) is 3.63. The molecule has 10 heteroatoms. The first-order chi connectivity index (χ1) is 12.8. The van der Waals surface area contributed by atoms with E-state index in [1.54, 1.807) is 4.68 Å². The predicted octanol–water partition coefficient (Wildman–Crippen LogP) is 4.97. The third-order valence-corrected chi connectivity index (χ3v) is 5.36. The molecule has 1 amide bonds. The van der Waals surface area contributed by atoms with Crippen LogP contribution in [0.15, 0.2) is 35.5 Å². The minimum absolute atomic E-state index is 0.0839. The van der Waals surface area contributed by atoms with Crippen molar-refractivity contribution < 1.29 is 4.79 Å². The molecule has 0 unspecified atom stereocenters. The summed E-state index contributed by atoms with van der Waals surface area (Å²) in [4.78, 5) is 12.3. The Balaban J connectivity index is 1.71. The van der Waals surface area contributed by atoms with Crippen molar-refractivity contribution in [2.24, 2.45) is 0 Å². The second-order valence-electron chi connectivity index (χ2n) is 5.74. The fraction of sp³-hybridized carbons (Fsp3) is 0.176. The van der Waals surface area contributed by atoms with Crippen LogP contribution in [0.5, 0.6) is 0 Å². The Morgan fingerprint density at radius 3 is 2.52 bits per heavy atom. The van der Waals surface area contributed by atoms with Crippen LogP contribution in [-0.2, 0) is 4.79 Å². The van der Waals surface area contributed by atoms with Gasteiger partial charge in [0.05, 0.1) is 27.2 Å². The highest BCUT2D eigenvalue weighted by molar-refractivity contribution is 7.99. The Hall–Kier alpha value is -1.80. The molecule has 1 heterocycles. The van der Waals surface area contributed by atoms with Crippen molar-refractivity contribution >= 4 is 58.2 Å². The van der Waals surface area contributed by atoms with E-state index in [1.165, 1.54) is 23.9 Å². The van der Waals surface area contributed by atoms with Gasteiger partial charge in [-0.15, -0.1) is 5.10 Å². The summed E-state index contributed by atoms with van der Waals surface area (Å²) in [5.41, 5.74) is 3.36. The van der Waals surface area contributed by atoms with Crippen molar-refractivity contribution in [1.82, 2.24) is 20.2 Å². The molecule has 3 rings (SSSR count). The molecule has 1 aromatic heterocycles. The molecule has 1 N–H and O–H groups in total. The molecule has 3 aromatic rings. The number of amides is 1. The van der Waals surface area contributed by atoms with Gasteiger partial charge in [0.25, 0.3) is 0 Å². The Morgan fingerprint density at radius 1 is 1.15 bits per heavy atom. The van der Waals surface area contributed by atoms with Crippen LogP contribution in [0.1, 0.15) is 11.1 Å². The normalized spacial score (nSPS) is 10.9. The number of aromatic nitrogens is 4. The van der Waals surface area contributed by atoms with Gasteiger partial charge in [0, 0.05) is 5.02 Å². The molecule has 27 heavy (non-hydrogen) atoms. The molecule has 0 aliphatic heterocycles. The predicted molar refractivity (Wildman–Crippen MR) is 109 cm³/mol. The van der Waals surface area contributed by atoms with Crippen LogP contribution in [0.25, 0.3) is 5.69 Å². The maximum Gasteiger partial charge on any atom is 0.234 e. The second-order valence-corrected chi connectivity index (χ2v) is 7.94. The number of tetrazole rings is 1. The molecular weight excluding hydrogens is 429 g/mol. The molecule has 0 fully saturated rings. The zero-order valence-electron chi connectivity index (χ0n) is 14.3. The number of nitrogens with zero attached hydrogens (tertiary/aromatic N) is 4. The summed E-state index contributed by atoms with van der Waals surface area (Å²) < 4.78 is 1.61. The Bertz CT molecular complexity index is 985. The van der Waals surface area contributed by atoms with E-state index in [-0.39, 0.29) is 21.7 Å². The number of hydrogen-bond donors (Lipinski definition) is 1. The number of rotatable bonds is 5. The first-order valence-corrected chi connectivity index (χ1v) is 9.90. The molecular formula is C17H14Cl3N5OS. The Morgan fingerprint density at radius 2 is 1.85 bits per heavy atom. The van der Waals surface area contributed by atoms with Gasteiger partial charge in [0.1, 0.15) is 0 Å². The van der Waals surface area contributed by atoms with Crippen molar-refractivity contribution in [3.8, 4) is 5.69 Å². The van der Waals surface area contributed by atoms with Gasteiger partial charge in [-0.2, -0.15) is 4.68 Å². The van der Waals surface area contributed by atoms with E-state index in [9.17, 15) is 4.79 Å². The van der Waals surface area contributed by atoms with Crippen LogP contribution in [0.4, 0.5) is 5.69 Å². The highest BCUT2D eigenvalue weighted by atomic mass is 35.5. The van der Waals surface area contributed by atoms with Crippen LogP contribution < -0.4 is 5.32 Å². The van der Waals surface area contributed by atoms with Gasteiger partial charge in [-0.3, -0.25) is 4.79 Å². The lowest BCUT2D eigenvalue weighted by atomic mass is 10.1. The first kappa shape index (κ1) is 19.9. The topological polar surface area (TPSA) is 72.7 Å². The summed E-state index contributed by atoms with van der Waals surface area (Å²) in [5, 5.41) is 15.9. The highest BCUT2D eigenvalue weighted by Gasteiger charge is 2.15. The molecule has 0 atom stereocenters. The van der Waals surface area contributed by atoms with Gasteiger partial charge in [0.15, 0.2) is 0 Å². The van der Waals surface area contributed by atoms with E-state index in [0.29, 0.717) is 15.9 Å². The van der Waals surface area contributed by atoms with Gasteiger partial charge in [-0.25, -0.2) is 0 Å². The largest absolute Gasteiger partial charge is 0.323 e. The van der Waals surface area contributed by atoms with E-state index < -0.39 is 0 Å². The highest BCUT2D eigenvalue weighted by Crippen LogP contribution is 2.33. The fourth-order valence-corrected chi connectivity index (χ4v) is 4.03. The van der Waals surface area contributed by atoms with Crippen molar-refractivity contribution in [2.75, 3.05) is 11.1 Å². The molecule has 0 aliphatic carbocycles. The summed E-state index contributed by atoms with van der Waals surface area (Å²) >= 11 is 19.3. The maximum absolute atomic E-state index is 12.3. The molecule has 0 aliphatic rings. The zero-order valence-corrected chi connectivity index (χ0v) is 17.4. The second kappa shape index (κ2) is 8.48. The lowest BCUT2D eigenvalue weighted by Gasteiger charge is -2.10. The fourth-order valence-electron chi connectivity index (χ4n) is 2.43. The number of carbonyl (C=O) groups is 1. The van der Waals surface area contributed by atoms with Gasteiger partial charge in [0.2, 0.25) is 11.1 Å². The number of aryl methyl sites for hydroxylation is 2.